The van der Waals surface area contributed by atoms with Gasteiger partial charge in [0.2, 0.25) is 5.88 Å². The van der Waals surface area contributed by atoms with Crippen molar-refractivity contribution in [1.82, 2.24) is 4.98 Å². The van der Waals surface area contributed by atoms with Crippen LogP contribution in [0.3, 0.4) is 0 Å². The standard InChI is InChI=1S/C14H14BrN3OS/c1-2-19-13-6-4-10(8-17-13)18-12-5-3-9(14(16)20)7-11(12)15/h3-8,18H,2H2,1H3,(H2,16,20). The topological polar surface area (TPSA) is 60.2 Å². The molecule has 0 spiro atoms. The molecule has 104 valence electrons. The molecule has 2 aromatic rings. The quantitative estimate of drug-likeness (QED) is 0.805. The third-order valence-corrected chi connectivity index (χ3v) is 3.45. The minimum Gasteiger partial charge on any atom is -0.478 e. The van der Waals surface area contributed by atoms with Gasteiger partial charge in [-0.1, -0.05) is 12.2 Å². The van der Waals surface area contributed by atoms with Crippen LogP contribution < -0.4 is 15.8 Å². The van der Waals surface area contributed by atoms with Crippen molar-refractivity contribution in [2.24, 2.45) is 5.73 Å². The lowest BCUT2D eigenvalue weighted by atomic mass is 10.2. The number of ether oxygens (including phenoxy) is 1. The lowest BCUT2D eigenvalue weighted by Crippen LogP contribution is -2.09. The van der Waals surface area contributed by atoms with Gasteiger partial charge in [0, 0.05) is 16.1 Å². The van der Waals surface area contributed by atoms with Gasteiger partial charge >= 0.3 is 0 Å². The van der Waals surface area contributed by atoms with E-state index in [1.807, 2.05) is 37.3 Å². The highest BCUT2D eigenvalue weighted by Crippen LogP contribution is 2.27. The van der Waals surface area contributed by atoms with Gasteiger partial charge in [0.1, 0.15) is 4.99 Å². The van der Waals surface area contributed by atoms with E-state index < -0.39 is 0 Å². The molecule has 0 aliphatic rings. The number of aromatic nitrogens is 1. The summed E-state index contributed by atoms with van der Waals surface area (Å²) in [7, 11) is 0. The zero-order valence-corrected chi connectivity index (χ0v) is 13.3. The molecule has 2 rings (SSSR count). The van der Waals surface area contributed by atoms with E-state index in [-0.39, 0.29) is 0 Å². The molecule has 4 nitrogen and oxygen atoms in total. The fourth-order valence-electron chi connectivity index (χ4n) is 1.61. The molecule has 0 saturated heterocycles. The zero-order valence-electron chi connectivity index (χ0n) is 10.9. The van der Waals surface area contributed by atoms with Crippen molar-refractivity contribution < 1.29 is 4.74 Å². The van der Waals surface area contributed by atoms with Crippen molar-refractivity contribution in [2.45, 2.75) is 6.92 Å². The molecule has 20 heavy (non-hydrogen) atoms. The number of nitrogens with zero attached hydrogens (tertiary/aromatic N) is 1. The van der Waals surface area contributed by atoms with E-state index >= 15 is 0 Å². The third-order valence-electron chi connectivity index (χ3n) is 2.56. The molecule has 0 unspecified atom stereocenters. The van der Waals surface area contributed by atoms with Crippen LogP contribution in [0.5, 0.6) is 5.88 Å². The first-order chi connectivity index (χ1) is 9.60. The average molecular weight is 352 g/mol. The monoisotopic (exact) mass is 351 g/mol. The molecular formula is C14H14BrN3OS. The fourth-order valence-corrected chi connectivity index (χ4v) is 2.22. The first kappa shape index (κ1) is 14.7. The van der Waals surface area contributed by atoms with Gasteiger partial charge in [-0.05, 0) is 47.1 Å². The molecule has 0 aliphatic heterocycles. The second kappa shape index (κ2) is 6.67. The van der Waals surface area contributed by atoms with Crippen molar-refractivity contribution in [3.8, 4) is 5.88 Å². The lowest BCUT2D eigenvalue weighted by Gasteiger charge is -2.10. The third kappa shape index (κ3) is 3.68. The van der Waals surface area contributed by atoms with Crippen molar-refractivity contribution >= 4 is 44.5 Å². The summed E-state index contributed by atoms with van der Waals surface area (Å²) >= 11 is 8.44. The van der Waals surface area contributed by atoms with Gasteiger partial charge in [-0.25, -0.2) is 4.98 Å². The Bertz CT molecular complexity index is 616. The zero-order chi connectivity index (χ0) is 14.5. The first-order valence-corrected chi connectivity index (χ1v) is 7.25. The summed E-state index contributed by atoms with van der Waals surface area (Å²) in [5.74, 6) is 0.612. The number of nitrogens with two attached hydrogens (primary N) is 1. The van der Waals surface area contributed by atoms with E-state index in [1.54, 1.807) is 6.20 Å². The number of anilines is 2. The van der Waals surface area contributed by atoms with E-state index in [0.29, 0.717) is 17.5 Å². The molecule has 1 aromatic carbocycles. The molecule has 0 radical (unpaired) electrons. The maximum atomic E-state index is 5.60. The number of thiocarbonyl (C=S) groups is 1. The minimum atomic E-state index is 0.375. The minimum absolute atomic E-state index is 0.375. The summed E-state index contributed by atoms with van der Waals surface area (Å²) in [5, 5.41) is 3.26. The van der Waals surface area contributed by atoms with Crippen LogP contribution in [0.15, 0.2) is 41.0 Å². The van der Waals surface area contributed by atoms with Crippen LogP contribution in [-0.2, 0) is 0 Å². The van der Waals surface area contributed by atoms with Gasteiger partial charge in [-0.15, -0.1) is 0 Å². The van der Waals surface area contributed by atoms with Crippen LogP contribution in [0.25, 0.3) is 0 Å². The fraction of sp³-hybridized carbons (Fsp3) is 0.143. The highest BCUT2D eigenvalue weighted by atomic mass is 79.9. The molecule has 1 heterocycles. The van der Waals surface area contributed by atoms with Crippen molar-refractivity contribution in [3.63, 3.8) is 0 Å². The number of rotatable bonds is 5. The lowest BCUT2D eigenvalue weighted by molar-refractivity contribution is 0.327. The van der Waals surface area contributed by atoms with Crippen LogP contribution in [-0.4, -0.2) is 16.6 Å². The van der Waals surface area contributed by atoms with Crippen LogP contribution in [0.4, 0.5) is 11.4 Å². The molecule has 1 aromatic heterocycles. The Kier molecular flexibility index (Phi) is 4.92. The SMILES string of the molecule is CCOc1ccc(Nc2ccc(C(N)=S)cc2Br)cn1. The number of benzene rings is 1. The second-order valence-electron chi connectivity index (χ2n) is 4.00. The maximum absolute atomic E-state index is 5.60. The van der Waals surface area contributed by atoms with Crippen LogP contribution >= 0.6 is 28.1 Å². The van der Waals surface area contributed by atoms with E-state index in [0.717, 1.165) is 21.4 Å². The number of pyridine rings is 1. The van der Waals surface area contributed by atoms with E-state index in [4.69, 9.17) is 22.7 Å². The van der Waals surface area contributed by atoms with Gasteiger partial charge < -0.3 is 15.8 Å². The summed E-state index contributed by atoms with van der Waals surface area (Å²) in [4.78, 5) is 4.57. The van der Waals surface area contributed by atoms with E-state index in [2.05, 4.69) is 26.2 Å². The molecule has 6 heteroatoms. The van der Waals surface area contributed by atoms with Gasteiger partial charge in [0.25, 0.3) is 0 Å². The Morgan fingerprint density at radius 1 is 1.40 bits per heavy atom. The Morgan fingerprint density at radius 2 is 2.20 bits per heavy atom. The number of halogens is 1. The smallest absolute Gasteiger partial charge is 0.213 e. The molecule has 3 N–H and O–H groups in total. The summed E-state index contributed by atoms with van der Waals surface area (Å²) in [6.07, 6.45) is 1.72. The summed E-state index contributed by atoms with van der Waals surface area (Å²) in [6.45, 7) is 2.53. The van der Waals surface area contributed by atoms with Gasteiger partial charge in [0.15, 0.2) is 0 Å². The molecule has 0 saturated carbocycles. The van der Waals surface area contributed by atoms with E-state index in [1.165, 1.54) is 0 Å². The largest absolute Gasteiger partial charge is 0.478 e. The number of hydrogen-bond acceptors (Lipinski definition) is 4. The number of hydrogen-bond donors (Lipinski definition) is 2. The van der Waals surface area contributed by atoms with Crippen molar-refractivity contribution in [1.29, 1.82) is 0 Å². The molecule has 0 fully saturated rings. The summed E-state index contributed by atoms with van der Waals surface area (Å²) in [6, 6.07) is 9.40. The molecule has 0 bridgehead atoms. The molecule has 0 aliphatic carbocycles. The molecule has 0 atom stereocenters. The van der Waals surface area contributed by atoms with Crippen molar-refractivity contribution in [3.05, 3.63) is 46.6 Å². The Morgan fingerprint density at radius 3 is 2.75 bits per heavy atom. The summed E-state index contributed by atoms with van der Waals surface area (Å²) in [5.41, 5.74) is 8.20. The van der Waals surface area contributed by atoms with Gasteiger partial charge in [0.05, 0.1) is 24.2 Å². The Hall–Kier alpha value is -1.66. The van der Waals surface area contributed by atoms with Gasteiger partial charge in [-0.3, -0.25) is 0 Å². The van der Waals surface area contributed by atoms with Crippen molar-refractivity contribution in [2.75, 3.05) is 11.9 Å². The summed E-state index contributed by atoms with van der Waals surface area (Å²) < 4.78 is 6.19. The highest BCUT2D eigenvalue weighted by molar-refractivity contribution is 9.10. The normalized spacial score (nSPS) is 10.1. The van der Waals surface area contributed by atoms with Crippen LogP contribution in [0.1, 0.15) is 12.5 Å². The van der Waals surface area contributed by atoms with Crippen LogP contribution in [0.2, 0.25) is 0 Å². The predicted molar refractivity (Wildman–Crippen MR) is 88.7 cm³/mol. The van der Waals surface area contributed by atoms with Gasteiger partial charge in [-0.2, -0.15) is 0 Å². The Balaban J connectivity index is 2.15. The highest BCUT2D eigenvalue weighted by Gasteiger charge is 2.04. The second-order valence-corrected chi connectivity index (χ2v) is 5.30. The first-order valence-electron chi connectivity index (χ1n) is 6.05. The maximum Gasteiger partial charge on any atom is 0.213 e. The molecular weight excluding hydrogens is 338 g/mol. The predicted octanol–water partition coefficient (Wildman–Crippen LogP) is 3.62. The Labute approximate surface area is 131 Å². The van der Waals surface area contributed by atoms with E-state index in [9.17, 15) is 0 Å². The van der Waals surface area contributed by atoms with Crippen LogP contribution in [0, 0.1) is 0 Å². The number of nitrogens with one attached hydrogen (secondary N) is 1. The average Bonchev–Trinajstić information content (AvgIpc) is 2.43. The molecule has 0 amide bonds.